The van der Waals surface area contributed by atoms with Gasteiger partial charge in [0.25, 0.3) is 0 Å². The monoisotopic (exact) mass is 326 g/mol. The van der Waals surface area contributed by atoms with Crippen LogP contribution in [-0.2, 0) is 5.88 Å². The van der Waals surface area contributed by atoms with Crippen molar-refractivity contribution in [2.75, 3.05) is 0 Å². The third-order valence-electron chi connectivity index (χ3n) is 1.51. The minimum atomic E-state index is 0.0137. The maximum absolute atomic E-state index is 9.49. The highest BCUT2D eigenvalue weighted by Crippen LogP contribution is 2.30. The molecule has 0 aliphatic heterocycles. The first kappa shape index (κ1) is 9.42. The number of hydrogen-bond donors (Lipinski definition) is 1. The van der Waals surface area contributed by atoms with Crippen LogP contribution < -0.4 is 0 Å². The Morgan fingerprint density at radius 2 is 2.31 bits per heavy atom. The lowest BCUT2D eigenvalue weighted by atomic mass is 10.4. The zero-order valence-corrected chi connectivity index (χ0v) is 10.0. The molecule has 0 aromatic carbocycles. The van der Waals surface area contributed by atoms with Gasteiger partial charge in [-0.05, 0) is 28.7 Å². The summed E-state index contributed by atoms with van der Waals surface area (Å²) in [5, 5.41) is 10.2. The number of fused-ring (bicyclic) bond motifs is 1. The van der Waals surface area contributed by atoms with E-state index in [1.807, 2.05) is 6.07 Å². The highest BCUT2D eigenvalue weighted by Gasteiger charge is 2.08. The van der Waals surface area contributed by atoms with Crippen LogP contribution in [0.5, 0.6) is 5.88 Å². The van der Waals surface area contributed by atoms with Gasteiger partial charge in [0, 0.05) is 0 Å². The van der Waals surface area contributed by atoms with Crippen LogP contribution in [0.15, 0.2) is 6.07 Å². The average molecular weight is 327 g/mol. The summed E-state index contributed by atoms with van der Waals surface area (Å²) in [6, 6.07) is 1.86. The first-order valence-corrected chi connectivity index (χ1v) is 5.84. The van der Waals surface area contributed by atoms with Crippen LogP contribution in [0, 0.1) is 2.88 Å². The molecule has 0 spiro atoms. The van der Waals surface area contributed by atoms with Crippen molar-refractivity contribution >= 4 is 55.7 Å². The van der Waals surface area contributed by atoms with Crippen molar-refractivity contribution < 1.29 is 5.11 Å². The third-order valence-corrected chi connectivity index (χ3v) is 3.54. The lowest BCUT2D eigenvalue weighted by molar-refractivity contribution is 0.457. The quantitative estimate of drug-likeness (QED) is 0.647. The second-order valence-corrected chi connectivity index (χ2v) is 5.56. The fourth-order valence-corrected chi connectivity index (χ4v) is 2.81. The van der Waals surface area contributed by atoms with Gasteiger partial charge in [-0.3, -0.25) is 0 Å². The van der Waals surface area contributed by atoms with E-state index in [0.717, 1.165) is 7.71 Å². The summed E-state index contributed by atoms with van der Waals surface area (Å²) in [6.07, 6.45) is 0. The van der Waals surface area contributed by atoms with Gasteiger partial charge in [-0.2, -0.15) is 4.98 Å². The van der Waals surface area contributed by atoms with Crippen LogP contribution in [-0.4, -0.2) is 15.1 Å². The van der Waals surface area contributed by atoms with Crippen LogP contribution in [0.4, 0.5) is 0 Å². The summed E-state index contributed by atoms with van der Waals surface area (Å²) in [5.74, 6) is 0.697. The van der Waals surface area contributed by atoms with Crippen molar-refractivity contribution in [3.8, 4) is 5.88 Å². The first-order chi connectivity index (χ1) is 6.20. The van der Waals surface area contributed by atoms with Crippen molar-refractivity contribution in [1.29, 1.82) is 0 Å². The molecule has 68 valence electrons. The SMILES string of the molecule is Oc1nc(CCl)nc2sc(I)cc12. The molecular formula is C7H4ClIN2OS. The Morgan fingerprint density at radius 1 is 1.54 bits per heavy atom. The molecular weight excluding hydrogens is 323 g/mol. The lowest BCUT2D eigenvalue weighted by Crippen LogP contribution is -1.89. The number of rotatable bonds is 1. The Kier molecular flexibility index (Phi) is 2.57. The van der Waals surface area contributed by atoms with E-state index in [2.05, 4.69) is 32.6 Å². The second kappa shape index (κ2) is 3.55. The minimum Gasteiger partial charge on any atom is -0.493 e. The molecule has 0 saturated carbocycles. The predicted octanol–water partition coefficient (Wildman–Crippen LogP) is 2.74. The second-order valence-electron chi connectivity index (χ2n) is 2.37. The molecule has 0 aliphatic carbocycles. The van der Waals surface area contributed by atoms with Crippen LogP contribution >= 0.6 is 45.5 Å². The maximum atomic E-state index is 9.49. The minimum absolute atomic E-state index is 0.0137. The molecule has 0 unspecified atom stereocenters. The molecule has 2 heterocycles. The molecule has 2 aromatic heterocycles. The zero-order chi connectivity index (χ0) is 9.42. The summed E-state index contributed by atoms with van der Waals surface area (Å²) in [6.45, 7) is 0. The van der Waals surface area contributed by atoms with Crippen molar-refractivity contribution in [1.82, 2.24) is 9.97 Å². The average Bonchev–Trinajstić information content (AvgIpc) is 2.46. The first-order valence-electron chi connectivity index (χ1n) is 3.41. The summed E-state index contributed by atoms with van der Waals surface area (Å²) in [4.78, 5) is 8.82. The van der Waals surface area contributed by atoms with E-state index in [0.29, 0.717) is 11.2 Å². The van der Waals surface area contributed by atoms with E-state index < -0.39 is 0 Å². The Morgan fingerprint density at radius 3 is 3.00 bits per heavy atom. The summed E-state index contributed by atoms with van der Waals surface area (Å²) in [7, 11) is 0. The van der Waals surface area contributed by atoms with E-state index in [1.165, 1.54) is 11.3 Å². The predicted molar refractivity (Wildman–Crippen MR) is 61.4 cm³/mol. The molecule has 0 saturated heterocycles. The third kappa shape index (κ3) is 1.72. The molecule has 0 fully saturated rings. The van der Waals surface area contributed by atoms with Gasteiger partial charge in [0.2, 0.25) is 5.88 Å². The molecule has 3 nitrogen and oxygen atoms in total. The van der Waals surface area contributed by atoms with E-state index >= 15 is 0 Å². The highest BCUT2D eigenvalue weighted by molar-refractivity contribution is 14.1. The molecule has 0 amide bonds. The van der Waals surface area contributed by atoms with Crippen molar-refractivity contribution in [2.24, 2.45) is 0 Å². The maximum Gasteiger partial charge on any atom is 0.223 e. The topological polar surface area (TPSA) is 46.0 Å². The van der Waals surface area contributed by atoms with Crippen molar-refractivity contribution in [2.45, 2.75) is 5.88 Å². The Balaban J connectivity index is 2.75. The fraction of sp³-hybridized carbons (Fsp3) is 0.143. The zero-order valence-electron chi connectivity index (χ0n) is 6.29. The molecule has 0 radical (unpaired) electrons. The van der Waals surface area contributed by atoms with Gasteiger partial charge in [-0.1, -0.05) is 0 Å². The van der Waals surface area contributed by atoms with Gasteiger partial charge in [0.05, 0.1) is 14.2 Å². The molecule has 2 aromatic rings. The van der Waals surface area contributed by atoms with Crippen LogP contribution in [0.1, 0.15) is 5.82 Å². The Hall–Kier alpha value is -0.140. The highest BCUT2D eigenvalue weighted by atomic mass is 127. The van der Waals surface area contributed by atoms with Gasteiger partial charge in [0.1, 0.15) is 10.7 Å². The fourth-order valence-electron chi connectivity index (χ4n) is 0.980. The van der Waals surface area contributed by atoms with Crippen LogP contribution in [0.3, 0.4) is 0 Å². The van der Waals surface area contributed by atoms with Gasteiger partial charge < -0.3 is 5.11 Å². The smallest absolute Gasteiger partial charge is 0.223 e. The molecule has 0 aliphatic rings. The number of nitrogens with zero attached hydrogens (tertiary/aromatic N) is 2. The molecule has 13 heavy (non-hydrogen) atoms. The van der Waals surface area contributed by atoms with Crippen molar-refractivity contribution in [3.63, 3.8) is 0 Å². The van der Waals surface area contributed by atoms with E-state index in [4.69, 9.17) is 11.6 Å². The largest absolute Gasteiger partial charge is 0.493 e. The van der Waals surface area contributed by atoms with Crippen LogP contribution in [0.2, 0.25) is 0 Å². The molecule has 0 bridgehead atoms. The molecule has 6 heteroatoms. The van der Waals surface area contributed by atoms with E-state index in [-0.39, 0.29) is 11.8 Å². The normalized spacial score (nSPS) is 10.9. The number of aromatic nitrogens is 2. The molecule has 0 atom stereocenters. The number of aromatic hydroxyl groups is 1. The van der Waals surface area contributed by atoms with Gasteiger partial charge in [-0.15, -0.1) is 22.9 Å². The number of thiophene rings is 1. The molecule has 1 N–H and O–H groups in total. The summed E-state index contributed by atoms with van der Waals surface area (Å²) >= 11 is 9.27. The number of hydrogen-bond acceptors (Lipinski definition) is 4. The molecule has 2 rings (SSSR count). The summed E-state index contributed by atoms with van der Waals surface area (Å²) < 4.78 is 1.07. The van der Waals surface area contributed by atoms with Crippen molar-refractivity contribution in [3.05, 3.63) is 14.8 Å². The van der Waals surface area contributed by atoms with Gasteiger partial charge in [-0.25, -0.2) is 4.98 Å². The summed E-state index contributed by atoms with van der Waals surface area (Å²) in [5.41, 5.74) is 0. The van der Waals surface area contributed by atoms with Crippen LogP contribution in [0.25, 0.3) is 10.2 Å². The number of halogens is 2. The Bertz CT molecular complexity index is 459. The standard InChI is InChI=1S/C7H4ClIN2OS/c8-2-5-10-6(12)3-1-4(9)13-7(3)11-5/h1H,2H2,(H,10,11,12). The Labute approximate surface area is 96.9 Å². The van der Waals surface area contributed by atoms with Gasteiger partial charge in [0.15, 0.2) is 0 Å². The van der Waals surface area contributed by atoms with E-state index in [9.17, 15) is 5.11 Å². The van der Waals surface area contributed by atoms with Gasteiger partial charge >= 0.3 is 0 Å². The lowest BCUT2D eigenvalue weighted by Gasteiger charge is -1.96. The number of alkyl halides is 1. The van der Waals surface area contributed by atoms with E-state index in [1.54, 1.807) is 0 Å².